The first-order chi connectivity index (χ1) is 6.77. The van der Waals surface area contributed by atoms with Crippen LogP contribution in [0.25, 0.3) is 5.52 Å². The molecule has 14 heavy (non-hydrogen) atoms. The molecule has 0 saturated heterocycles. The third kappa shape index (κ3) is 2.16. The van der Waals surface area contributed by atoms with Crippen molar-refractivity contribution in [1.82, 2.24) is 4.40 Å². The smallest absolute Gasteiger partial charge is 0.0452 e. The molecule has 0 aromatic carbocycles. The van der Waals surface area contributed by atoms with Crippen LogP contribution in [0.2, 0.25) is 0 Å². The van der Waals surface area contributed by atoms with Crippen molar-refractivity contribution in [3.63, 3.8) is 0 Å². The van der Waals surface area contributed by atoms with Crippen LogP contribution in [0.1, 0.15) is 39.2 Å². The molecule has 0 aliphatic carbocycles. The average Bonchev–Trinajstić information content (AvgIpc) is 2.64. The zero-order valence-corrected chi connectivity index (χ0v) is 9.49. The Hall–Kier alpha value is -1.24. The lowest BCUT2D eigenvalue weighted by molar-refractivity contribution is 0.866. The van der Waals surface area contributed by atoms with Crippen LogP contribution in [0.15, 0.2) is 36.7 Å². The van der Waals surface area contributed by atoms with Crippen LogP contribution in [0, 0.1) is 0 Å². The Bertz CT molecular complexity index is 352. The molecule has 0 N–H and O–H groups in total. The molecule has 0 saturated carbocycles. The summed E-state index contributed by atoms with van der Waals surface area (Å²) in [5.74, 6) is 0.616. The summed E-state index contributed by atoms with van der Waals surface area (Å²) in [6, 6.07) is 8.49. The Morgan fingerprint density at radius 1 is 1.14 bits per heavy atom. The van der Waals surface area contributed by atoms with Crippen molar-refractivity contribution < 1.29 is 0 Å². The average molecular weight is 189 g/mol. The molecular weight excluding hydrogens is 170 g/mol. The van der Waals surface area contributed by atoms with Crippen molar-refractivity contribution in [3.8, 4) is 0 Å². The molecular formula is C13H19N. The highest BCUT2D eigenvalue weighted by Crippen LogP contribution is 2.17. The lowest BCUT2D eigenvalue weighted by Gasteiger charge is -1.96. The molecule has 0 radical (unpaired) electrons. The molecule has 0 amide bonds. The molecule has 0 atom stereocenters. The molecule has 0 spiro atoms. The Labute approximate surface area is 86.4 Å². The number of aromatic nitrogens is 1. The van der Waals surface area contributed by atoms with E-state index in [0.29, 0.717) is 5.92 Å². The van der Waals surface area contributed by atoms with Crippen LogP contribution in [-0.4, -0.2) is 4.40 Å². The molecule has 0 bridgehead atoms. The highest BCUT2D eigenvalue weighted by Gasteiger charge is 2.01. The maximum Gasteiger partial charge on any atom is 0.0452 e. The summed E-state index contributed by atoms with van der Waals surface area (Å²) in [5, 5.41) is 0. The third-order valence-electron chi connectivity index (χ3n) is 2.19. The van der Waals surface area contributed by atoms with Crippen LogP contribution in [-0.2, 0) is 0 Å². The molecule has 2 rings (SSSR count). The van der Waals surface area contributed by atoms with Crippen LogP contribution >= 0.6 is 0 Å². The van der Waals surface area contributed by atoms with E-state index in [1.807, 2.05) is 13.8 Å². The van der Waals surface area contributed by atoms with Gasteiger partial charge in [-0.1, -0.05) is 33.8 Å². The summed E-state index contributed by atoms with van der Waals surface area (Å²) < 4.78 is 2.16. The number of hydrogen-bond donors (Lipinski definition) is 0. The molecule has 1 nitrogen and oxygen atoms in total. The summed E-state index contributed by atoms with van der Waals surface area (Å²) in [6.45, 7) is 8.43. The van der Waals surface area contributed by atoms with Crippen molar-refractivity contribution in [1.29, 1.82) is 0 Å². The number of nitrogens with zero attached hydrogens (tertiary/aromatic N) is 1. The third-order valence-corrected chi connectivity index (χ3v) is 2.19. The van der Waals surface area contributed by atoms with Gasteiger partial charge < -0.3 is 4.40 Å². The number of fused-ring (bicyclic) bond motifs is 1. The fourth-order valence-corrected chi connectivity index (χ4v) is 1.39. The Kier molecular flexibility index (Phi) is 3.75. The van der Waals surface area contributed by atoms with Gasteiger partial charge in [0.15, 0.2) is 0 Å². The molecule has 76 valence electrons. The summed E-state index contributed by atoms with van der Waals surface area (Å²) in [4.78, 5) is 0. The number of hydrogen-bond acceptors (Lipinski definition) is 0. The lowest BCUT2D eigenvalue weighted by Crippen LogP contribution is -1.81. The highest BCUT2D eigenvalue weighted by atomic mass is 14.8. The van der Waals surface area contributed by atoms with Gasteiger partial charge in [0.05, 0.1) is 0 Å². The topological polar surface area (TPSA) is 4.41 Å². The molecule has 2 heterocycles. The van der Waals surface area contributed by atoms with Crippen LogP contribution < -0.4 is 0 Å². The first-order valence-electron chi connectivity index (χ1n) is 5.34. The molecule has 0 unspecified atom stereocenters. The zero-order chi connectivity index (χ0) is 10.6. The quantitative estimate of drug-likeness (QED) is 0.636. The van der Waals surface area contributed by atoms with Crippen LogP contribution in [0.4, 0.5) is 0 Å². The second kappa shape index (κ2) is 4.85. The van der Waals surface area contributed by atoms with E-state index >= 15 is 0 Å². The minimum absolute atomic E-state index is 0.616. The Morgan fingerprint density at radius 3 is 2.43 bits per heavy atom. The standard InChI is InChI=1S/C11H13N.C2H6/c1-9(2)10-7-11-5-3-4-6-12(11)8-10;1-2/h3-9H,1-2H3;1-2H3. The maximum absolute atomic E-state index is 2.24. The van der Waals surface area contributed by atoms with Crippen molar-refractivity contribution >= 4 is 5.52 Å². The molecule has 0 aliphatic heterocycles. The normalized spacial score (nSPS) is 10.1. The lowest BCUT2D eigenvalue weighted by atomic mass is 10.1. The van der Waals surface area contributed by atoms with Gasteiger partial charge in [0.2, 0.25) is 0 Å². The second-order valence-corrected chi connectivity index (χ2v) is 3.46. The summed E-state index contributed by atoms with van der Waals surface area (Å²) >= 11 is 0. The van der Waals surface area contributed by atoms with Crippen LogP contribution in [0.3, 0.4) is 0 Å². The van der Waals surface area contributed by atoms with Gasteiger partial charge in [0.1, 0.15) is 0 Å². The second-order valence-electron chi connectivity index (χ2n) is 3.46. The van der Waals surface area contributed by atoms with E-state index in [-0.39, 0.29) is 0 Å². The largest absolute Gasteiger partial charge is 0.324 e. The molecule has 1 heteroatoms. The van der Waals surface area contributed by atoms with Gasteiger partial charge in [-0.25, -0.2) is 0 Å². The van der Waals surface area contributed by atoms with Crippen molar-refractivity contribution in [2.75, 3.05) is 0 Å². The van der Waals surface area contributed by atoms with Gasteiger partial charge in [0.25, 0.3) is 0 Å². The molecule has 2 aromatic rings. The van der Waals surface area contributed by atoms with E-state index < -0.39 is 0 Å². The van der Waals surface area contributed by atoms with E-state index in [2.05, 4.69) is 54.9 Å². The van der Waals surface area contributed by atoms with Gasteiger partial charge in [0, 0.05) is 17.9 Å². The number of rotatable bonds is 1. The monoisotopic (exact) mass is 189 g/mol. The van der Waals surface area contributed by atoms with E-state index in [9.17, 15) is 0 Å². The van der Waals surface area contributed by atoms with E-state index in [0.717, 1.165) is 0 Å². The fourth-order valence-electron chi connectivity index (χ4n) is 1.39. The van der Waals surface area contributed by atoms with Gasteiger partial charge in [-0.05, 0) is 29.7 Å². The first-order valence-corrected chi connectivity index (χ1v) is 5.34. The molecule has 2 aromatic heterocycles. The minimum atomic E-state index is 0.616. The Balaban J connectivity index is 0.000000461. The van der Waals surface area contributed by atoms with Crippen molar-refractivity contribution in [2.24, 2.45) is 0 Å². The highest BCUT2D eigenvalue weighted by molar-refractivity contribution is 5.50. The Morgan fingerprint density at radius 2 is 1.86 bits per heavy atom. The summed E-state index contributed by atoms with van der Waals surface area (Å²) in [5.41, 5.74) is 2.68. The van der Waals surface area contributed by atoms with E-state index in [1.54, 1.807) is 0 Å². The van der Waals surface area contributed by atoms with E-state index in [1.165, 1.54) is 11.1 Å². The molecule has 0 aliphatic rings. The predicted molar refractivity (Wildman–Crippen MR) is 62.8 cm³/mol. The molecule has 0 fully saturated rings. The summed E-state index contributed by atoms with van der Waals surface area (Å²) in [7, 11) is 0. The SMILES string of the molecule is CC.CC(C)c1cc2ccccn2c1. The fraction of sp³-hybridized carbons (Fsp3) is 0.385. The van der Waals surface area contributed by atoms with Gasteiger partial charge in [-0.3, -0.25) is 0 Å². The van der Waals surface area contributed by atoms with Gasteiger partial charge >= 0.3 is 0 Å². The predicted octanol–water partition coefficient (Wildman–Crippen LogP) is 4.09. The zero-order valence-electron chi connectivity index (χ0n) is 9.49. The van der Waals surface area contributed by atoms with Gasteiger partial charge in [-0.2, -0.15) is 0 Å². The van der Waals surface area contributed by atoms with Crippen molar-refractivity contribution in [3.05, 3.63) is 42.2 Å². The van der Waals surface area contributed by atoms with Crippen molar-refractivity contribution in [2.45, 2.75) is 33.6 Å². The summed E-state index contributed by atoms with van der Waals surface area (Å²) in [6.07, 6.45) is 4.28. The first kappa shape index (κ1) is 10.8. The van der Waals surface area contributed by atoms with Gasteiger partial charge in [-0.15, -0.1) is 0 Å². The maximum atomic E-state index is 2.24. The van der Waals surface area contributed by atoms with E-state index in [4.69, 9.17) is 0 Å². The van der Waals surface area contributed by atoms with Crippen LogP contribution in [0.5, 0.6) is 0 Å². The minimum Gasteiger partial charge on any atom is -0.324 e. The number of pyridine rings is 1.